The van der Waals surface area contributed by atoms with Crippen LogP contribution in [0.5, 0.6) is 23.1 Å². The number of nitrogen functional groups attached to an aromatic ring is 1. The van der Waals surface area contributed by atoms with Crippen LogP contribution in [-0.4, -0.2) is 16.8 Å². The van der Waals surface area contributed by atoms with E-state index < -0.39 is 0 Å². The van der Waals surface area contributed by atoms with E-state index in [1.165, 1.54) is 0 Å². The van der Waals surface area contributed by atoms with Crippen LogP contribution in [0, 0.1) is 6.92 Å². The molecule has 0 radical (unpaired) electrons. The molecule has 92 valence electrons. The zero-order chi connectivity index (χ0) is 12.5. The van der Waals surface area contributed by atoms with E-state index in [0.717, 1.165) is 0 Å². The van der Waals surface area contributed by atoms with Gasteiger partial charge in [-0.3, -0.25) is 0 Å². The Morgan fingerprint density at radius 3 is 2.83 bits per heavy atom. The molecule has 0 fully saturated rings. The second-order valence-electron chi connectivity index (χ2n) is 3.80. The number of ether oxygens (including phenoxy) is 3. The van der Waals surface area contributed by atoms with Crippen molar-refractivity contribution in [1.29, 1.82) is 0 Å². The summed E-state index contributed by atoms with van der Waals surface area (Å²) in [5, 5.41) is 0. The Morgan fingerprint density at radius 2 is 2.00 bits per heavy atom. The van der Waals surface area contributed by atoms with Gasteiger partial charge in [0, 0.05) is 12.1 Å². The zero-order valence-corrected chi connectivity index (χ0v) is 9.71. The van der Waals surface area contributed by atoms with E-state index in [0.29, 0.717) is 34.8 Å². The highest BCUT2D eigenvalue weighted by Gasteiger charge is 2.14. The summed E-state index contributed by atoms with van der Waals surface area (Å²) in [7, 11) is 0. The summed E-state index contributed by atoms with van der Waals surface area (Å²) in [6.45, 7) is 1.99. The molecular formula is C12H11N3O3. The highest BCUT2D eigenvalue weighted by Crippen LogP contribution is 2.36. The number of nitrogens with zero attached hydrogens (tertiary/aromatic N) is 2. The number of nitrogens with two attached hydrogens (primary N) is 1. The molecule has 0 saturated heterocycles. The summed E-state index contributed by atoms with van der Waals surface area (Å²) >= 11 is 0. The van der Waals surface area contributed by atoms with Crippen LogP contribution in [-0.2, 0) is 0 Å². The Balaban J connectivity index is 1.88. The normalized spacial score (nSPS) is 12.5. The van der Waals surface area contributed by atoms with Gasteiger partial charge in [-0.25, -0.2) is 4.98 Å². The SMILES string of the molecule is Cc1nc(N)cc(Oc2ccc3c(c2)OCO3)n1. The van der Waals surface area contributed by atoms with Gasteiger partial charge in [0.2, 0.25) is 12.7 Å². The van der Waals surface area contributed by atoms with Crippen molar-refractivity contribution in [2.75, 3.05) is 12.5 Å². The van der Waals surface area contributed by atoms with Gasteiger partial charge >= 0.3 is 0 Å². The molecule has 2 N–H and O–H groups in total. The summed E-state index contributed by atoms with van der Waals surface area (Å²) in [5.74, 6) is 3.31. The lowest BCUT2D eigenvalue weighted by molar-refractivity contribution is 0.174. The minimum atomic E-state index is 0.234. The van der Waals surface area contributed by atoms with E-state index in [4.69, 9.17) is 19.9 Å². The molecule has 1 aliphatic rings. The maximum absolute atomic E-state index is 5.63. The quantitative estimate of drug-likeness (QED) is 0.870. The fraction of sp³-hybridized carbons (Fsp3) is 0.167. The first-order chi connectivity index (χ1) is 8.70. The number of hydrogen-bond acceptors (Lipinski definition) is 6. The maximum Gasteiger partial charge on any atom is 0.231 e. The zero-order valence-electron chi connectivity index (χ0n) is 9.71. The van der Waals surface area contributed by atoms with E-state index in [2.05, 4.69) is 9.97 Å². The third kappa shape index (κ3) is 2.00. The lowest BCUT2D eigenvalue weighted by Crippen LogP contribution is -1.97. The van der Waals surface area contributed by atoms with E-state index in [1.807, 2.05) is 0 Å². The average Bonchev–Trinajstić information content (AvgIpc) is 2.74. The minimum Gasteiger partial charge on any atom is -0.454 e. The topological polar surface area (TPSA) is 79.5 Å². The van der Waals surface area contributed by atoms with Crippen molar-refractivity contribution in [3.8, 4) is 23.1 Å². The monoisotopic (exact) mass is 245 g/mol. The van der Waals surface area contributed by atoms with Gasteiger partial charge in [-0.05, 0) is 19.1 Å². The van der Waals surface area contributed by atoms with Crippen molar-refractivity contribution in [1.82, 2.24) is 9.97 Å². The number of rotatable bonds is 2. The summed E-state index contributed by atoms with van der Waals surface area (Å²) in [4.78, 5) is 8.11. The molecule has 0 bridgehead atoms. The summed E-state index contributed by atoms with van der Waals surface area (Å²) in [5.41, 5.74) is 5.63. The number of anilines is 1. The molecule has 0 spiro atoms. The van der Waals surface area contributed by atoms with Crippen molar-refractivity contribution in [3.05, 3.63) is 30.1 Å². The van der Waals surface area contributed by atoms with Gasteiger partial charge in [-0.2, -0.15) is 4.98 Å². The molecule has 1 aromatic carbocycles. The molecule has 6 nitrogen and oxygen atoms in total. The average molecular weight is 245 g/mol. The molecule has 0 saturated carbocycles. The van der Waals surface area contributed by atoms with Crippen molar-refractivity contribution in [2.45, 2.75) is 6.92 Å². The van der Waals surface area contributed by atoms with E-state index >= 15 is 0 Å². The number of aromatic nitrogens is 2. The highest BCUT2D eigenvalue weighted by atomic mass is 16.7. The molecule has 0 aliphatic carbocycles. The standard InChI is InChI=1S/C12H11N3O3/c1-7-14-11(13)5-12(15-7)18-8-2-3-9-10(4-8)17-6-16-9/h2-5H,6H2,1H3,(H2,13,14,15). The summed E-state index contributed by atoms with van der Waals surface area (Å²) in [6.07, 6.45) is 0. The molecule has 0 amide bonds. The van der Waals surface area contributed by atoms with Crippen molar-refractivity contribution in [2.24, 2.45) is 0 Å². The first-order valence-electron chi connectivity index (χ1n) is 5.39. The molecule has 3 rings (SSSR count). The van der Waals surface area contributed by atoms with Gasteiger partial charge in [-0.1, -0.05) is 0 Å². The maximum atomic E-state index is 5.63. The van der Waals surface area contributed by atoms with Crippen LogP contribution in [0.4, 0.5) is 5.82 Å². The first-order valence-corrected chi connectivity index (χ1v) is 5.39. The predicted molar refractivity (Wildman–Crippen MR) is 63.8 cm³/mol. The number of benzene rings is 1. The van der Waals surface area contributed by atoms with Crippen LogP contribution in [0.3, 0.4) is 0 Å². The smallest absolute Gasteiger partial charge is 0.231 e. The Kier molecular flexibility index (Phi) is 2.40. The largest absolute Gasteiger partial charge is 0.454 e. The number of aryl methyl sites for hydroxylation is 1. The molecular weight excluding hydrogens is 234 g/mol. The van der Waals surface area contributed by atoms with Crippen molar-refractivity contribution < 1.29 is 14.2 Å². The Morgan fingerprint density at radius 1 is 1.17 bits per heavy atom. The molecule has 18 heavy (non-hydrogen) atoms. The first kappa shape index (κ1) is 10.6. The van der Waals surface area contributed by atoms with Gasteiger partial charge in [0.05, 0.1) is 0 Å². The van der Waals surface area contributed by atoms with Crippen LogP contribution >= 0.6 is 0 Å². The van der Waals surface area contributed by atoms with Gasteiger partial charge in [0.1, 0.15) is 17.4 Å². The minimum absolute atomic E-state index is 0.234. The highest BCUT2D eigenvalue weighted by molar-refractivity contribution is 5.48. The molecule has 1 aliphatic heterocycles. The second kappa shape index (κ2) is 4.06. The molecule has 0 unspecified atom stereocenters. The van der Waals surface area contributed by atoms with E-state index in [9.17, 15) is 0 Å². The van der Waals surface area contributed by atoms with Gasteiger partial charge in [-0.15, -0.1) is 0 Å². The van der Waals surface area contributed by atoms with Crippen molar-refractivity contribution >= 4 is 5.82 Å². The van der Waals surface area contributed by atoms with Crippen molar-refractivity contribution in [3.63, 3.8) is 0 Å². The molecule has 1 aromatic heterocycles. The lowest BCUT2D eigenvalue weighted by atomic mass is 10.3. The van der Waals surface area contributed by atoms with Gasteiger partial charge in [0.15, 0.2) is 11.5 Å². The van der Waals surface area contributed by atoms with Crippen LogP contribution in [0.2, 0.25) is 0 Å². The Labute approximate surface area is 103 Å². The summed E-state index contributed by atoms with van der Waals surface area (Å²) < 4.78 is 16.1. The molecule has 0 atom stereocenters. The van der Waals surface area contributed by atoms with E-state index in [-0.39, 0.29) is 6.79 Å². The fourth-order valence-electron chi connectivity index (χ4n) is 1.68. The second-order valence-corrected chi connectivity index (χ2v) is 3.80. The predicted octanol–water partition coefficient (Wildman–Crippen LogP) is 1.89. The molecule has 2 aromatic rings. The van der Waals surface area contributed by atoms with Crippen LogP contribution in [0.25, 0.3) is 0 Å². The van der Waals surface area contributed by atoms with Crippen LogP contribution in [0.15, 0.2) is 24.3 Å². The van der Waals surface area contributed by atoms with E-state index in [1.54, 1.807) is 31.2 Å². The number of fused-ring (bicyclic) bond motifs is 1. The third-order valence-electron chi connectivity index (χ3n) is 2.40. The fourth-order valence-corrected chi connectivity index (χ4v) is 1.68. The van der Waals surface area contributed by atoms with Crippen LogP contribution in [0.1, 0.15) is 5.82 Å². The van der Waals surface area contributed by atoms with Crippen LogP contribution < -0.4 is 19.9 Å². The molecule has 6 heteroatoms. The lowest BCUT2D eigenvalue weighted by Gasteiger charge is -2.06. The Bertz CT molecular complexity index is 581. The molecule has 2 heterocycles. The third-order valence-corrected chi connectivity index (χ3v) is 2.40. The van der Waals surface area contributed by atoms with Gasteiger partial charge < -0.3 is 19.9 Å². The Hall–Kier alpha value is -2.50. The summed E-state index contributed by atoms with van der Waals surface area (Å²) in [6, 6.07) is 6.88. The van der Waals surface area contributed by atoms with Gasteiger partial charge in [0.25, 0.3) is 0 Å². The number of hydrogen-bond donors (Lipinski definition) is 1.